The Morgan fingerprint density at radius 3 is 2.43 bits per heavy atom. The van der Waals surface area contributed by atoms with E-state index in [1.807, 2.05) is 20.8 Å². The van der Waals surface area contributed by atoms with Crippen molar-refractivity contribution in [1.29, 1.82) is 0 Å². The number of hydrogen-bond donors (Lipinski definition) is 0. The molecule has 2 aromatic rings. The highest BCUT2D eigenvalue weighted by Crippen LogP contribution is 2.22. The van der Waals surface area contributed by atoms with Gasteiger partial charge in [-0.3, -0.25) is 0 Å². The fraction of sp³-hybridized carbons (Fsp3) is 0.231. The summed E-state index contributed by atoms with van der Waals surface area (Å²) in [5, 5.41) is 6.60. The number of rotatable bonds is 4. The summed E-state index contributed by atoms with van der Waals surface area (Å²) >= 11 is 3.31. The monoisotopic (exact) mass is 408 g/mol. The van der Waals surface area contributed by atoms with Crippen LogP contribution in [0.2, 0.25) is 0 Å². The van der Waals surface area contributed by atoms with Gasteiger partial charge in [-0.15, -0.1) is 11.3 Å². The molecule has 1 aromatic carbocycles. The van der Waals surface area contributed by atoms with Crippen LogP contribution in [0.1, 0.15) is 40.5 Å². The van der Waals surface area contributed by atoms with E-state index < -0.39 is 0 Å². The molecule has 0 saturated carbocycles. The number of benzene rings is 1. The number of hydrogen-bond acceptors (Lipinski definition) is 2. The molecule has 3 rings (SSSR count). The normalized spacial score (nSPS) is 13.2. The van der Waals surface area contributed by atoms with Crippen molar-refractivity contribution in [2.75, 3.05) is 0 Å². The van der Waals surface area contributed by atoms with Gasteiger partial charge in [-0.05, 0) is 71.2 Å². The lowest BCUT2D eigenvalue weighted by atomic mass is 10.1. The van der Waals surface area contributed by atoms with Crippen LogP contribution in [0.3, 0.4) is 0 Å². The molecule has 0 unspecified atom stereocenters. The Bertz CT molecular complexity index is 925. The summed E-state index contributed by atoms with van der Waals surface area (Å²) < 4.78 is 0. The molecule has 1 aromatic heterocycles. The van der Waals surface area contributed by atoms with Crippen molar-refractivity contribution >= 4 is 35.3 Å². The van der Waals surface area contributed by atoms with E-state index in [1.54, 1.807) is 16.7 Å². The molecule has 0 aliphatic heterocycles. The molecule has 2 heteroatoms. The van der Waals surface area contributed by atoms with Crippen molar-refractivity contribution in [3.05, 3.63) is 93.4 Å². The summed E-state index contributed by atoms with van der Waals surface area (Å²) in [6.45, 7) is 19.0. The Labute approximate surface area is 179 Å². The van der Waals surface area contributed by atoms with Crippen LogP contribution in [-0.4, -0.2) is 0 Å². The molecule has 1 aliphatic carbocycles. The van der Waals surface area contributed by atoms with Gasteiger partial charge in [0, 0.05) is 9.78 Å². The molecule has 0 N–H and O–H groups in total. The highest BCUT2D eigenvalue weighted by molar-refractivity contribution is 8.06. The zero-order valence-corrected chi connectivity index (χ0v) is 19.3. The van der Waals surface area contributed by atoms with E-state index in [4.69, 9.17) is 0 Å². The van der Waals surface area contributed by atoms with Crippen LogP contribution in [0, 0.1) is 0 Å². The summed E-state index contributed by atoms with van der Waals surface area (Å²) in [4.78, 5) is 2.33. The number of fused-ring (bicyclic) bond motifs is 1. The number of allylic oxidation sites excluding steroid dienone is 3. The number of thiophene rings is 1. The quantitative estimate of drug-likeness (QED) is 0.467. The summed E-state index contributed by atoms with van der Waals surface area (Å²) in [6, 6.07) is 11.1. The van der Waals surface area contributed by atoms with Gasteiger partial charge in [-0.25, -0.2) is 0 Å². The van der Waals surface area contributed by atoms with Crippen LogP contribution in [0.15, 0.2) is 83.0 Å². The second kappa shape index (κ2) is 13.2. The standard InChI is InChI=1S/C17H16S.C7H10S.C2H6/c1-2-13-5-3-6-14-8-9-15(12-16(14)11-13)17-7-4-10-18-17;1-5-8-7(4)6(2)3;1-2/h2,4,6-12H,3,5H2,1H3;5H,1-2,4H2,3H3;1-2H3/b13-2+;;. The van der Waals surface area contributed by atoms with Gasteiger partial charge in [-0.1, -0.05) is 87.3 Å². The fourth-order valence-electron chi connectivity index (χ4n) is 2.58. The third-order valence-electron chi connectivity index (χ3n) is 4.10. The maximum Gasteiger partial charge on any atom is 0.0342 e. The first-order valence-corrected chi connectivity index (χ1v) is 11.4. The van der Waals surface area contributed by atoms with E-state index in [0.29, 0.717) is 0 Å². The lowest BCUT2D eigenvalue weighted by Gasteiger charge is -1.98. The minimum Gasteiger partial charge on any atom is -0.144 e. The summed E-state index contributed by atoms with van der Waals surface area (Å²) in [7, 11) is 0. The Kier molecular flexibility index (Phi) is 11.3. The van der Waals surface area contributed by atoms with Gasteiger partial charge in [-0.2, -0.15) is 0 Å². The van der Waals surface area contributed by atoms with Gasteiger partial charge in [0.05, 0.1) is 0 Å². The van der Waals surface area contributed by atoms with E-state index in [9.17, 15) is 0 Å². The molecule has 0 spiro atoms. The molecular formula is C26H32S2. The smallest absolute Gasteiger partial charge is 0.0342 e. The lowest BCUT2D eigenvalue weighted by molar-refractivity contribution is 1.06. The Morgan fingerprint density at radius 1 is 1.14 bits per heavy atom. The van der Waals surface area contributed by atoms with Crippen LogP contribution in [0.4, 0.5) is 0 Å². The minimum atomic E-state index is 0.986. The van der Waals surface area contributed by atoms with Gasteiger partial charge >= 0.3 is 0 Å². The van der Waals surface area contributed by atoms with Crippen molar-refractivity contribution in [1.82, 2.24) is 0 Å². The summed E-state index contributed by atoms with van der Waals surface area (Å²) in [6.07, 6.45) is 9.19. The molecule has 0 radical (unpaired) electrons. The SMILES string of the molecule is C/C=C1/C=c2cc(-c3cccs3)ccc2=CCC1.C=CSC(=C)C(=C)C.CC. The van der Waals surface area contributed by atoms with Gasteiger partial charge in [0.15, 0.2) is 0 Å². The van der Waals surface area contributed by atoms with Crippen molar-refractivity contribution in [2.24, 2.45) is 0 Å². The highest BCUT2D eigenvalue weighted by atomic mass is 32.2. The number of thioether (sulfide) groups is 1. The van der Waals surface area contributed by atoms with Crippen molar-refractivity contribution in [3.63, 3.8) is 0 Å². The van der Waals surface area contributed by atoms with E-state index in [0.717, 1.165) is 23.3 Å². The average molecular weight is 409 g/mol. The van der Waals surface area contributed by atoms with Gasteiger partial charge < -0.3 is 0 Å². The molecule has 148 valence electrons. The predicted molar refractivity (Wildman–Crippen MR) is 134 cm³/mol. The zero-order chi connectivity index (χ0) is 20.9. The van der Waals surface area contributed by atoms with Gasteiger partial charge in [0.1, 0.15) is 0 Å². The maximum atomic E-state index is 3.74. The zero-order valence-electron chi connectivity index (χ0n) is 17.6. The molecule has 28 heavy (non-hydrogen) atoms. The van der Waals surface area contributed by atoms with E-state index in [1.165, 1.54) is 38.2 Å². The minimum absolute atomic E-state index is 0.986. The second-order valence-corrected chi connectivity index (χ2v) is 8.07. The first kappa shape index (κ1) is 24.0. The first-order valence-electron chi connectivity index (χ1n) is 9.68. The second-order valence-electron chi connectivity index (χ2n) is 6.06. The van der Waals surface area contributed by atoms with E-state index in [2.05, 4.69) is 80.6 Å². The molecule has 0 bridgehead atoms. The highest BCUT2D eigenvalue weighted by Gasteiger charge is 2.01. The van der Waals surface area contributed by atoms with Crippen LogP contribution in [0.25, 0.3) is 22.6 Å². The summed E-state index contributed by atoms with van der Waals surface area (Å²) in [5.74, 6) is 0. The molecular weight excluding hydrogens is 376 g/mol. The maximum absolute atomic E-state index is 3.74. The molecule has 0 atom stereocenters. The third kappa shape index (κ3) is 7.53. The first-order chi connectivity index (χ1) is 13.5. The third-order valence-corrected chi connectivity index (χ3v) is 5.82. The van der Waals surface area contributed by atoms with Crippen LogP contribution in [-0.2, 0) is 0 Å². The van der Waals surface area contributed by atoms with Crippen molar-refractivity contribution in [3.8, 4) is 10.4 Å². The van der Waals surface area contributed by atoms with Crippen LogP contribution in [0.5, 0.6) is 0 Å². The van der Waals surface area contributed by atoms with Crippen molar-refractivity contribution in [2.45, 2.75) is 40.5 Å². The van der Waals surface area contributed by atoms with Crippen molar-refractivity contribution < 1.29 is 0 Å². The molecule has 1 aliphatic rings. The topological polar surface area (TPSA) is 0 Å². The lowest BCUT2D eigenvalue weighted by Crippen LogP contribution is -2.23. The van der Waals surface area contributed by atoms with E-state index in [-0.39, 0.29) is 0 Å². The largest absolute Gasteiger partial charge is 0.144 e. The molecule has 0 nitrogen and oxygen atoms in total. The Morgan fingerprint density at radius 2 is 1.89 bits per heavy atom. The molecule has 0 saturated heterocycles. The Balaban J connectivity index is 0.000000334. The van der Waals surface area contributed by atoms with Crippen LogP contribution >= 0.6 is 23.1 Å². The Hall–Kier alpha value is -2.03. The summed E-state index contributed by atoms with van der Waals surface area (Å²) in [5.41, 5.74) is 3.77. The van der Waals surface area contributed by atoms with E-state index >= 15 is 0 Å². The average Bonchev–Trinajstić information content (AvgIpc) is 3.17. The van der Waals surface area contributed by atoms with Gasteiger partial charge in [0.25, 0.3) is 0 Å². The fourth-order valence-corrected chi connectivity index (χ4v) is 3.70. The molecule has 1 heterocycles. The predicted octanol–water partition coefficient (Wildman–Crippen LogP) is 7.70. The molecule has 0 amide bonds. The molecule has 0 fully saturated rings. The van der Waals surface area contributed by atoms with Gasteiger partial charge in [0.2, 0.25) is 0 Å². The van der Waals surface area contributed by atoms with Crippen LogP contribution < -0.4 is 10.4 Å².